The maximum atomic E-state index is 12.5. The molecule has 12 heteroatoms. The molecule has 0 aromatic carbocycles. The van der Waals surface area contributed by atoms with E-state index in [4.69, 9.17) is 0 Å². The van der Waals surface area contributed by atoms with Gasteiger partial charge < -0.3 is 4.57 Å². The van der Waals surface area contributed by atoms with Crippen molar-refractivity contribution in [1.82, 2.24) is 23.6 Å². The predicted molar refractivity (Wildman–Crippen MR) is 99.8 cm³/mol. The van der Waals surface area contributed by atoms with Crippen LogP contribution in [0.1, 0.15) is 51.4 Å². The number of aryl methyl sites for hydroxylation is 2. The third-order valence-corrected chi connectivity index (χ3v) is 5.75. The first-order valence-corrected chi connectivity index (χ1v) is 11.2. The van der Waals surface area contributed by atoms with Crippen LogP contribution in [0.3, 0.4) is 0 Å². The number of carbonyl (C=O) groups excluding carboxylic acids is 1. The fourth-order valence-corrected chi connectivity index (χ4v) is 4.45. The van der Waals surface area contributed by atoms with Crippen LogP contribution in [0.15, 0.2) is 20.8 Å². The van der Waals surface area contributed by atoms with E-state index in [0.29, 0.717) is 23.5 Å². The Morgan fingerprint density at radius 1 is 1.37 bits per heavy atom. The molecule has 1 saturated carbocycles. The van der Waals surface area contributed by atoms with E-state index in [0.717, 1.165) is 37.0 Å². The highest BCUT2D eigenvalue weighted by atomic mass is 32.2. The number of rotatable bonds is 7. The molecule has 27 heavy (non-hydrogen) atoms. The molecule has 1 aliphatic rings. The molecule has 3 rings (SSSR count). The van der Waals surface area contributed by atoms with Crippen molar-refractivity contribution in [3.63, 3.8) is 0 Å². The van der Waals surface area contributed by atoms with E-state index in [1.54, 1.807) is 16.1 Å². The summed E-state index contributed by atoms with van der Waals surface area (Å²) in [6.07, 6.45) is 5.54. The molecule has 0 aliphatic heterocycles. The Morgan fingerprint density at radius 3 is 2.74 bits per heavy atom. The van der Waals surface area contributed by atoms with Gasteiger partial charge >= 0.3 is 21.9 Å². The standard InChI is InChI=1S/C15H22N6O4S2/c1-3-5-12-16-21(15(23)20(12)11-6-7-11)13(22)17-27(24,25)18-14-19(8-4-2)9-10-26-14/h9-11H,3-8H2,1-2H3,(H,17,22). The van der Waals surface area contributed by atoms with E-state index >= 15 is 0 Å². The average molecular weight is 415 g/mol. The Morgan fingerprint density at radius 2 is 2.11 bits per heavy atom. The highest BCUT2D eigenvalue weighted by Gasteiger charge is 2.31. The lowest BCUT2D eigenvalue weighted by atomic mass is 10.3. The van der Waals surface area contributed by atoms with Crippen molar-refractivity contribution >= 4 is 27.6 Å². The van der Waals surface area contributed by atoms with Crippen molar-refractivity contribution in [2.45, 2.75) is 58.5 Å². The van der Waals surface area contributed by atoms with Crippen molar-refractivity contribution in [1.29, 1.82) is 0 Å². The SMILES string of the molecule is CCCc1nn(C(=O)NS(=O)(=O)N=c2sccn2CCC)c(=O)n1C1CC1. The molecule has 0 saturated heterocycles. The summed E-state index contributed by atoms with van der Waals surface area (Å²) in [6.45, 7) is 4.51. The minimum atomic E-state index is -4.32. The van der Waals surface area contributed by atoms with Gasteiger partial charge in [0.15, 0.2) is 0 Å². The Kier molecular flexibility index (Phi) is 5.65. The molecular formula is C15H22N6O4S2. The second kappa shape index (κ2) is 7.80. The molecule has 0 bridgehead atoms. The third kappa shape index (κ3) is 4.38. The average Bonchev–Trinajstić information content (AvgIpc) is 3.25. The van der Waals surface area contributed by atoms with Crippen molar-refractivity contribution in [2.75, 3.05) is 0 Å². The molecule has 1 fully saturated rings. The second-order valence-electron chi connectivity index (χ2n) is 6.31. The molecule has 10 nitrogen and oxygen atoms in total. The highest BCUT2D eigenvalue weighted by Crippen LogP contribution is 2.34. The largest absolute Gasteiger partial charge is 0.361 e. The van der Waals surface area contributed by atoms with E-state index in [2.05, 4.69) is 9.50 Å². The maximum Gasteiger partial charge on any atom is 0.361 e. The summed E-state index contributed by atoms with van der Waals surface area (Å²) in [6, 6.07) is -1.08. The van der Waals surface area contributed by atoms with Gasteiger partial charge in [0, 0.05) is 30.6 Å². The van der Waals surface area contributed by atoms with E-state index in [1.807, 2.05) is 18.6 Å². The fourth-order valence-electron chi connectivity index (χ4n) is 2.71. The topological polar surface area (TPSA) is 120 Å². The van der Waals surface area contributed by atoms with Crippen LogP contribution in [0.25, 0.3) is 0 Å². The Hall–Kier alpha value is -2.21. The van der Waals surface area contributed by atoms with Crippen LogP contribution in [-0.2, 0) is 23.2 Å². The molecule has 2 heterocycles. The number of amides is 1. The normalized spacial score (nSPS) is 15.3. The minimum absolute atomic E-state index is 0.0426. The van der Waals surface area contributed by atoms with Gasteiger partial charge in [-0.25, -0.2) is 14.3 Å². The highest BCUT2D eigenvalue weighted by molar-refractivity contribution is 7.88. The molecule has 1 amide bonds. The molecular weight excluding hydrogens is 392 g/mol. The maximum absolute atomic E-state index is 12.5. The number of thiazole rings is 1. The van der Waals surface area contributed by atoms with E-state index in [9.17, 15) is 18.0 Å². The number of hydrogen-bond acceptors (Lipinski definition) is 6. The van der Waals surface area contributed by atoms with Crippen LogP contribution < -0.4 is 15.2 Å². The van der Waals surface area contributed by atoms with Crippen molar-refractivity contribution < 1.29 is 13.2 Å². The smallest absolute Gasteiger partial charge is 0.323 e. The Balaban J connectivity index is 1.87. The van der Waals surface area contributed by atoms with Gasteiger partial charge in [-0.05, 0) is 25.7 Å². The van der Waals surface area contributed by atoms with Crippen LogP contribution in [-0.4, -0.2) is 33.4 Å². The molecule has 0 spiro atoms. The monoisotopic (exact) mass is 414 g/mol. The predicted octanol–water partition coefficient (Wildman–Crippen LogP) is 1.01. The lowest BCUT2D eigenvalue weighted by Gasteiger charge is -2.02. The number of aromatic nitrogens is 4. The summed E-state index contributed by atoms with van der Waals surface area (Å²) in [5.74, 6) is 0.494. The first-order valence-electron chi connectivity index (χ1n) is 8.83. The minimum Gasteiger partial charge on any atom is -0.323 e. The third-order valence-electron chi connectivity index (χ3n) is 4.00. The molecule has 2 aromatic rings. The van der Waals surface area contributed by atoms with Crippen LogP contribution in [0.5, 0.6) is 0 Å². The Bertz CT molecular complexity index is 1050. The summed E-state index contributed by atoms with van der Waals surface area (Å²) in [7, 11) is -4.32. The molecule has 148 valence electrons. The van der Waals surface area contributed by atoms with Crippen LogP contribution in [0.4, 0.5) is 4.79 Å². The number of hydrogen-bond donors (Lipinski definition) is 1. The molecule has 1 N–H and O–H groups in total. The van der Waals surface area contributed by atoms with Gasteiger partial charge in [0.1, 0.15) is 5.82 Å². The zero-order chi connectivity index (χ0) is 19.6. The van der Waals surface area contributed by atoms with E-state index < -0.39 is 21.9 Å². The quantitative estimate of drug-likeness (QED) is 0.725. The van der Waals surface area contributed by atoms with Crippen molar-refractivity contribution in [2.24, 2.45) is 4.40 Å². The Labute approximate surface area is 160 Å². The summed E-state index contributed by atoms with van der Waals surface area (Å²) in [4.78, 5) is 25.1. The molecule has 2 aromatic heterocycles. The summed E-state index contributed by atoms with van der Waals surface area (Å²) >= 11 is 1.15. The first-order chi connectivity index (χ1) is 12.9. The zero-order valence-corrected chi connectivity index (χ0v) is 16.8. The van der Waals surface area contributed by atoms with Gasteiger partial charge in [0.2, 0.25) is 4.80 Å². The zero-order valence-electron chi connectivity index (χ0n) is 15.2. The van der Waals surface area contributed by atoms with Crippen molar-refractivity contribution in [3.05, 3.63) is 32.7 Å². The van der Waals surface area contributed by atoms with Crippen LogP contribution >= 0.6 is 11.3 Å². The second-order valence-corrected chi connectivity index (χ2v) is 8.52. The molecule has 1 aliphatic carbocycles. The van der Waals surface area contributed by atoms with Gasteiger partial charge in [0.05, 0.1) is 0 Å². The number of nitrogens with zero attached hydrogens (tertiary/aromatic N) is 5. The van der Waals surface area contributed by atoms with Gasteiger partial charge in [-0.3, -0.25) is 4.57 Å². The lowest BCUT2D eigenvalue weighted by molar-refractivity contribution is 0.243. The van der Waals surface area contributed by atoms with Crippen LogP contribution in [0.2, 0.25) is 0 Å². The van der Waals surface area contributed by atoms with Gasteiger partial charge in [0.25, 0.3) is 0 Å². The lowest BCUT2D eigenvalue weighted by Crippen LogP contribution is -2.40. The van der Waals surface area contributed by atoms with E-state index in [1.165, 1.54) is 4.57 Å². The van der Waals surface area contributed by atoms with E-state index in [-0.39, 0.29) is 10.8 Å². The van der Waals surface area contributed by atoms with Crippen LogP contribution in [0, 0.1) is 0 Å². The first kappa shape index (κ1) is 19.5. The fraction of sp³-hybridized carbons (Fsp3) is 0.600. The molecule has 0 radical (unpaired) electrons. The van der Waals surface area contributed by atoms with Gasteiger partial charge in [-0.15, -0.1) is 25.5 Å². The number of nitrogens with one attached hydrogen (secondary N) is 1. The van der Waals surface area contributed by atoms with Gasteiger partial charge in [-0.1, -0.05) is 13.8 Å². The number of carbonyl (C=O) groups is 1. The summed E-state index contributed by atoms with van der Waals surface area (Å²) in [5, 5.41) is 5.75. The molecule has 0 unspecified atom stereocenters. The molecule has 0 atom stereocenters. The summed E-state index contributed by atoms with van der Waals surface area (Å²) in [5.41, 5.74) is -0.620. The summed E-state index contributed by atoms with van der Waals surface area (Å²) < 4.78 is 33.7. The van der Waals surface area contributed by atoms with Crippen molar-refractivity contribution in [3.8, 4) is 0 Å². The van der Waals surface area contributed by atoms with Gasteiger partial charge in [-0.2, -0.15) is 8.42 Å².